The van der Waals surface area contributed by atoms with E-state index in [2.05, 4.69) is 5.32 Å². The Morgan fingerprint density at radius 1 is 1.17 bits per heavy atom. The largest absolute Gasteiger partial charge is 0.356 e. The Bertz CT molecular complexity index is 924. The molecule has 1 heterocycles. The maximum absolute atomic E-state index is 13.9. The molecular formula is C21H20Cl2F2N2O2. The van der Waals surface area contributed by atoms with Crippen molar-refractivity contribution < 1.29 is 18.4 Å². The van der Waals surface area contributed by atoms with Crippen molar-refractivity contribution >= 4 is 35.0 Å². The number of hydrogen-bond donors (Lipinski definition) is 1. The van der Waals surface area contributed by atoms with Crippen molar-refractivity contribution in [2.45, 2.75) is 38.3 Å². The monoisotopic (exact) mass is 440 g/mol. The summed E-state index contributed by atoms with van der Waals surface area (Å²) >= 11 is 11.9. The Morgan fingerprint density at radius 2 is 1.97 bits per heavy atom. The standard InChI is InChI=1S/C21H20Cl2F2N2O2/c22-16-6-4-13(10-17(16)23)8-9-26-19(28)11-15-5-7-20(29)27(15)12-14-2-1-3-18(24)21(14)25/h1-4,6,10,15H,5,7-9,11-12H2,(H,26,28). The van der Waals surface area contributed by atoms with Crippen molar-refractivity contribution in [2.24, 2.45) is 0 Å². The number of nitrogens with zero attached hydrogens (tertiary/aromatic N) is 1. The molecule has 1 saturated heterocycles. The van der Waals surface area contributed by atoms with Gasteiger partial charge in [-0.1, -0.05) is 41.4 Å². The molecular weight excluding hydrogens is 421 g/mol. The fraction of sp³-hybridized carbons (Fsp3) is 0.333. The van der Waals surface area contributed by atoms with E-state index in [4.69, 9.17) is 23.2 Å². The molecule has 2 aromatic rings. The summed E-state index contributed by atoms with van der Waals surface area (Å²) in [4.78, 5) is 25.9. The predicted molar refractivity (Wildman–Crippen MR) is 108 cm³/mol. The summed E-state index contributed by atoms with van der Waals surface area (Å²) in [5.41, 5.74) is 1.05. The summed E-state index contributed by atoms with van der Waals surface area (Å²) in [7, 11) is 0. The third-order valence-corrected chi connectivity index (χ3v) is 5.70. The minimum atomic E-state index is -0.961. The van der Waals surface area contributed by atoms with Crippen LogP contribution in [0.3, 0.4) is 0 Å². The molecule has 2 aromatic carbocycles. The quantitative estimate of drug-likeness (QED) is 0.688. The van der Waals surface area contributed by atoms with Gasteiger partial charge in [-0.3, -0.25) is 9.59 Å². The minimum Gasteiger partial charge on any atom is -0.356 e. The van der Waals surface area contributed by atoms with Gasteiger partial charge in [-0.25, -0.2) is 8.78 Å². The molecule has 29 heavy (non-hydrogen) atoms. The Hall–Kier alpha value is -2.18. The van der Waals surface area contributed by atoms with Crippen molar-refractivity contribution in [3.05, 3.63) is 69.2 Å². The number of hydrogen-bond acceptors (Lipinski definition) is 2. The van der Waals surface area contributed by atoms with Crippen LogP contribution in [0.1, 0.15) is 30.4 Å². The molecule has 0 aromatic heterocycles. The van der Waals surface area contributed by atoms with Crippen LogP contribution in [0.25, 0.3) is 0 Å². The maximum Gasteiger partial charge on any atom is 0.223 e. The zero-order valence-corrected chi connectivity index (χ0v) is 17.1. The van der Waals surface area contributed by atoms with Gasteiger partial charge < -0.3 is 10.2 Å². The summed E-state index contributed by atoms with van der Waals surface area (Å²) < 4.78 is 27.4. The second-order valence-corrected chi connectivity index (χ2v) is 7.79. The first-order valence-corrected chi connectivity index (χ1v) is 10.0. The number of nitrogens with one attached hydrogen (secondary N) is 1. The Kier molecular flexibility index (Phi) is 7.09. The van der Waals surface area contributed by atoms with Gasteiger partial charge in [0, 0.05) is 37.5 Å². The van der Waals surface area contributed by atoms with E-state index in [-0.39, 0.29) is 42.8 Å². The van der Waals surface area contributed by atoms with E-state index in [1.165, 1.54) is 17.0 Å². The van der Waals surface area contributed by atoms with Crippen LogP contribution in [0.4, 0.5) is 8.78 Å². The number of amides is 2. The van der Waals surface area contributed by atoms with Crippen LogP contribution < -0.4 is 5.32 Å². The molecule has 8 heteroatoms. The lowest BCUT2D eigenvalue weighted by Gasteiger charge is -2.25. The van der Waals surface area contributed by atoms with Gasteiger partial charge in [0.2, 0.25) is 11.8 Å². The Morgan fingerprint density at radius 3 is 2.72 bits per heavy atom. The van der Waals surface area contributed by atoms with E-state index < -0.39 is 11.6 Å². The van der Waals surface area contributed by atoms with Gasteiger partial charge in [-0.15, -0.1) is 0 Å². The first kappa shape index (κ1) is 21.5. The topological polar surface area (TPSA) is 49.4 Å². The number of carbonyl (C=O) groups excluding carboxylic acids is 2. The molecule has 154 valence electrons. The number of likely N-dealkylation sites (tertiary alicyclic amines) is 1. The third kappa shape index (κ3) is 5.46. The van der Waals surface area contributed by atoms with Crippen LogP contribution in [0.15, 0.2) is 36.4 Å². The number of rotatable bonds is 7. The fourth-order valence-corrected chi connectivity index (χ4v) is 3.73. The molecule has 4 nitrogen and oxygen atoms in total. The molecule has 1 fully saturated rings. The molecule has 1 aliphatic heterocycles. The summed E-state index contributed by atoms with van der Waals surface area (Å²) in [6.45, 7) is 0.361. The van der Waals surface area contributed by atoms with Crippen molar-refractivity contribution in [3.63, 3.8) is 0 Å². The number of benzene rings is 2. The lowest BCUT2D eigenvalue weighted by Crippen LogP contribution is -2.37. The SMILES string of the molecule is O=C(CC1CCC(=O)N1Cc1cccc(F)c1F)NCCc1ccc(Cl)c(Cl)c1. The highest BCUT2D eigenvalue weighted by Gasteiger charge is 2.33. The highest BCUT2D eigenvalue weighted by Crippen LogP contribution is 2.25. The van der Waals surface area contributed by atoms with Crippen LogP contribution in [0, 0.1) is 11.6 Å². The number of carbonyl (C=O) groups is 2. The van der Waals surface area contributed by atoms with Crippen LogP contribution in [-0.2, 0) is 22.6 Å². The van der Waals surface area contributed by atoms with Crippen LogP contribution in [-0.4, -0.2) is 29.3 Å². The number of halogens is 4. The minimum absolute atomic E-state index is 0.0519. The van der Waals surface area contributed by atoms with Crippen molar-refractivity contribution in [2.75, 3.05) is 6.54 Å². The first-order chi connectivity index (χ1) is 13.8. The average molecular weight is 441 g/mol. The molecule has 3 rings (SSSR count). The molecule has 0 spiro atoms. The molecule has 0 aliphatic carbocycles. The molecule has 0 saturated carbocycles. The highest BCUT2D eigenvalue weighted by molar-refractivity contribution is 6.42. The highest BCUT2D eigenvalue weighted by atomic mass is 35.5. The first-order valence-electron chi connectivity index (χ1n) is 9.28. The van der Waals surface area contributed by atoms with Crippen molar-refractivity contribution in [1.82, 2.24) is 10.2 Å². The summed E-state index contributed by atoms with van der Waals surface area (Å²) in [5, 5.41) is 3.76. The average Bonchev–Trinajstić information content (AvgIpc) is 3.01. The van der Waals surface area contributed by atoms with Crippen LogP contribution >= 0.6 is 23.2 Å². The van der Waals surface area contributed by atoms with E-state index in [0.29, 0.717) is 29.4 Å². The second kappa shape index (κ2) is 9.55. The van der Waals surface area contributed by atoms with Crippen LogP contribution in [0.2, 0.25) is 10.0 Å². The van der Waals surface area contributed by atoms with E-state index in [1.54, 1.807) is 12.1 Å². The van der Waals surface area contributed by atoms with Gasteiger partial charge in [0.15, 0.2) is 11.6 Å². The zero-order valence-electron chi connectivity index (χ0n) is 15.6. The molecule has 1 unspecified atom stereocenters. The summed E-state index contributed by atoms with van der Waals surface area (Å²) in [6.07, 6.45) is 1.50. The van der Waals surface area contributed by atoms with Gasteiger partial charge in [0.1, 0.15) is 0 Å². The molecule has 0 radical (unpaired) electrons. The Balaban J connectivity index is 1.53. The molecule has 1 aliphatic rings. The smallest absolute Gasteiger partial charge is 0.223 e. The molecule has 0 bridgehead atoms. The third-order valence-electron chi connectivity index (χ3n) is 4.97. The molecule has 1 N–H and O–H groups in total. The fourth-order valence-electron chi connectivity index (χ4n) is 3.40. The summed E-state index contributed by atoms with van der Waals surface area (Å²) in [6, 6.07) is 8.83. The van der Waals surface area contributed by atoms with Crippen LogP contribution in [0.5, 0.6) is 0 Å². The van der Waals surface area contributed by atoms with E-state index >= 15 is 0 Å². The van der Waals surface area contributed by atoms with Gasteiger partial charge in [-0.2, -0.15) is 0 Å². The van der Waals surface area contributed by atoms with E-state index in [0.717, 1.165) is 11.6 Å². The normalized spacial score (nSPS) is 16.3. The maximum atomic E-state index is 13.9. The Labute approximate surface area is 177 Å². The lowest BCUT2D eigenvalue weighted by molar-refractivity contribution is -0.130. The summed E-state index contributed by atoms with van der Waals surface area (Å²) in [5.74, 6) is -2.28. The van der Waals surface area contributed by atoms with E-state index in [9.17, 15) is 18.4 Å². The second-order valence-electron chi connectivity index (χ2n) is 6.98. The zero-order chi connectivity index (χ0) is 21.0. The van der Waals surface area contributed by atoms with Crippen molar-refractivity contribution in [1.29, 1.82) is 0 Å². The molecule has 2 amide bonds. The lowest BCUT2D eigenvalue weighted by atomic mass is 10.1. The van der Waals surface area contributed by atoms with Gasteiger partial charge in [0.25, 0.3) is 0 Å². The predicted octanol–water partition coefficient (Wildman–Crippen LogP) is 4.51. The van der Waals surface area contributed by atoms with Gasteiger partial charge in [0.05, 0.1) is 10.0 Å². The van der Waals surface area contributed by atoms with Gasteiger partial charge in [-0.05, 0) is 36.6 Å². The van der Waals surface area contributed by atoms with E-state index in [1.807, 2.05) is 6.07 Å². The van der Waals surface area contributed by atoms with Crippen molar-refractivity contribution in [3.8, 4) is 0 Å². The van der Waals surface area contributed by atoms with Gasteiger partial charge >= 0.3 is 0 Å². The molecule has 1 atom stereocenters.